The van der Waals surface area contributed by atoms with Crippen molar-refractivity contribution in [1.82, 2.24) is 4.98 Å². The van der Waals surface area contributed by atoms with E-state index in [0.717, 1.165) is 16.5 Å². The van der Waals surface area contributed by atoms with Crippen molar-refractivity contribution in [3.63, 3.8) is 0 Å². The van der Waals surface area contributed by atoms with Gasteiger partial charge in [0.25, 0.3) is 0 Å². The lowest BCUT2D eigenvalue weighted by Gasteiger charge is -2.24. The van der Waals surface area contributed by atoms with E-state index in [4.69, 9.17) is 0 Å². The molecule has 0 fully saturated rings. The van der Waals surface area contributed by atoms with Gasteiger partial charge in [0, 0.05) is 17.1 Å². The topological polar surface area (TPSA) is 33.1 Å². The van der Waals surface area contributed by atoms with Gasteiger partial charge in [-0.2, -0.15) is 0 Å². The van der Waals surface area contributed by atoms with Crippen molar-refractivity contribution in [2.45, 2.75) is 18.4 Å². The van der Waals surface area contributed by atoms with Gasteiger partial charge < -0.3 is 5.11 Å². The summed E-state index contributed by atoms with van der Waals surface area (Å²) in [6.07, 6.45) is 2.73. The van der Waals surface area contributed by atoms with Gasteiger partial charge in [-0.25, -0.2) is 4.39 Å². The van der Waals surface area contributed by atoms with E-state index >= 15 is 0 Å². The van der Waals surface area contributed by atoms with Crippen molar-refractivity contribution in [3.05, 3.63) is 77.2 Å². The number of pyridine rings is 1. The zero-order valence-corrected chi connectivity index (χ0v) is 11.4. The Hall–Kier alpha value is -2.26. The number of rotatable bonds is 1. The van der Waals surface area contributed by atoms with E-state index in [1.165, 1.54) is 6.07 Å². The first-order chi connectivity index (χ1) is 10.2. The van der Waals surface area contributed by atoms with E-state index in [2.05, 4.69) is 4.98 Å². The Morgan fingerprint density at radius 3 is 2.86 bits per heavy atom. The number of hydrogen-bond acceptors (Lipinski definition) is 2. The highest BCUT2D eigenvalue weighted by Gasteiger charge is 2.39. The second kappa shape index (κ2) is 4.37. The fourth-order valence-corrected chi connectivity index (χ4v) is 3.24. The minimum absolute atomic E-state index is 0.239. The van der Waals surface area contributed by atoms with Crippen LogP contribution < -0.4 is 0 Å². The lowest BCUT2D eigenvalue weighted by atomic mass is 9.88. The maximum absolute atomic E-state index is 13.9. The lowest BCUT2D eigenvalue weighted by molar-refractivity contribution is 0.0827. The molecule has 1 N–H and O–H groups in total. The second-order valence-corrected chi connectivity index (χ2v) is 5.54. The molecule has 3 heteroatoms. The van der Waals surface area contributed by atoms with Crippen LogP contribution in [0.5, 0.6) is 0 Å². The number of benzene rings is 2. The number of hydrogen-bond donors (Lipinski definition) is 1. The first-order valence-electron chi connectivity index (χ1n) is 7.04. The summed E-state index contributed by atoms with van der Waals surface area (Å²) in [6, 6.07) is 14.6. The maximum atomic E-state index is 13.9. The van der Waals surface area contributed by atoms with Crippen molar-refractivity contribution in [2.24, 2.45) is 0 Å². The molecule has 3 aromatic rings. The minimum atomic E-state index is -1.14. The van der Waals surface area contributed by atoms with Crippen LogP contribution in [-0.4, -0.2) is 10.1 Å². The summed E-state index contributed by atoms with van der Waals surface area (Å²) in [5, 5.41) is 12.1. The quantitative estimate of drug-likeness (QED) is 0.739. The number of halogens is 1. The molecule has 21 heavy (non-hydrogen) atoms. The molecular formula is C18H14FNO. The van der Waals surface area contributed by atoms with Gasteiger partial charge in [0.2, 0.25) is 0 Å². The molecular weight excluding hydrogens is 265 g/mol. The van der Waals surface area contributed by atoms with Gasteiger partial charge in [-0.3, -0.25) is 4.98 Å². The van der Waals surface area contributed by atoms with Crippen molar-refractivity contribution in [3.8, 4) is 0 Å². The maximum Gasteiger partial charge on any atom is 0.126 e. The Labute approximate surface area is 121 Å². The van der Waals surface area contributed by atoms with Gasteiger partial charge >= 0.3 is 0 Å². The molecule has 0 spiro atoms. The van der Waals surface area contributed by atoms with E-state index in [0.29, 0.717) is 24.0 Å². The van der Waals surface area contributed by atoms with Crippen LogP contribution >= 0.6 is 0 Å². The molecule has 1 aliphatic carbocycles. The van der Waals surface area contributed by atoms with E-state index in [9.17, 15) is 9.50 Å². The number of nitrogens with zero attached hydrogens (tertiary/aromatic N) is 1. The Bertz CT molecular complexity index is 845. The molecule has 0 radical (unpaired) electrons. The van der Waals surface area contributed by atoms with Crippen LogP contribution in [0.1, 0.15) is 23.1 Å². The van der Waals surface area contributed by atoms with Crippen molar-refractivity contribution >= 4 is 10.9 Å². The van der Waals surface area contributed by atoms with Crippen LogP contribution in [0.2, 0.25) is 0 Å². The lowest BCUT2D eigenvalue weighted by Crippen LogP contribution is -2.24. The Morgan fingerprint density at radius 2 is 1.95 bits per heavy atom. The van der Waals surface area contributed by atoms with E-state index in [1.807, 2.05) is 30.3 Å². The molecule has 0 aliphatic heterocycles. The fraction of sp³-hybridized carbons (Fsp3) is 0.167. The van der Waals surface area contributed by atoms with Crippen LogP contribution in [0.4, 0.5) is 4.39 Å². The molecule has 0 amide bonds. The van der Waals surface area contributed by atoms with Crippen molar-refractivity contribution in [2.75, 3.05) is 0 Å². The van der Waals surface area contributed by atoms with Gasteiger partial charge in [-0.1, -0.05) is 30.3 Å². The minimum Gasteiger partial charge on any atom is -0.380 e. The number of para-hydroxylation sites is 1. The van der Waals surface area contributed by atoms with Crippen LogP contribution in [0.25, 0.3) is 10.9 Å². The first kappa shape index (κ1) is 12.5. The van der Waals surface area contributed by atoms with Gasteiger partial charge in [0.1, 0.15) is 11.4 Å². The summed E-state index contributed by atoms with van der Waals surface area (Å²) < 4.78 is 13.9. The molecule has 1 aromatic heterocycles. The average Bonchev–Trinajstić information content (AvgIpc) is 2.87. The number of aromatic nitrogens is 1. The van der Waals surface area contributed by atoms with Gasteiger partial charge in [-0.05, 0) is 42.2 Å². The standard InChI is InChI=1S/C18H14FNO/c19-16-6-3-5-15-14(16)8-9-18(15,21)13-10-12-4-1-2-7-17(12)20-11-13/h1-7,10-11,21H,8-9H2. The third-order valence-electron chi connectivity index (χ3n) is 4.37. The third-order valence-corrected chi connectivity index (χ3v) is 4.37. The molecule has 2 aromatic carbocycles. The fourth-order valence-electron chi connectivity index (χ4n) is 3.24. The first-order valence-corrected chi connectivity index (χ1v) is 7.04. The molecule has 0 bridgehead atoms. The molecule has 0 saturated carbocycles. The van der Waals surface area contributed by atoms with E-state index in [1.54, 1.807) is 18.3 Å². The smallest absolute Gasteiger partial charge is 0.126 e. The molecule has 104 valence electrons. The predicted molar refractivity (Wildman–Crippen MR) is 79.5 cm³/mol. The SMILES string of the molecule is OC1(c2cnc3ccccc3c2)CCc2c(F)cccc21. The normalized spacial score (nSPS) is 20.7. The molecule has 2 nitrogen and oxygen atoms in total. The Morgan fingerprint density at radius 1 is 1.10 bits per heavy atom. The van der Waals surface area contributed by atoms with Crippen LogP contribution in [0.15, 0.2) is 54.7 Å². The van der Waals surface area contributed by atoms with E-state index < -0.39 is 5.60 Å². The van der Waals surface area contributed by atoms with Gasteiger partial charge in [0.15, 0.2) is 0 Å². The largest absolute Gasteiger partial charge is 0.380 e. The summed E-state index contributed by atoms with van der Waals surface area (Å²) in [6.45, 7) is 0. The third kappa shape index (κ3) is 1.78. The molecule has 1 atom stereocenters. The van der Waals surface area contributed by atoms with Crippen LogP contribution in [0, 0.1) is 5.82 Å². The second-order valence-electron chi connectivity index (χ2n) is 5.54. The van der Waals surface area contributed by atoms with Gasteiger partial charge in [-0.15, -0.1) is 0 Å². The molecule has 4 rings (SSSR count). The number of aliphatic hydroxyl groups is 1. The molecule has 1 aliphatic rings. The highest BCUT2D eigenvalue weighted by atomic mass is 19.1. The van der Waals surface area contributed by atoms with Crippen molar-refractivity contribution in [1.29, 1.82) is 0 Å². The zero-order chi connectivity index (χ0) is 14.4. The summed E-state index contributed by atoms with van der Waals surface area (Å²) in [5.41, 5.74) is 1.76. The Balaban J connectivity index is 1.91. The Kier molecular flexibility index (Phi) is 2.59. The summed E-state index contributed by atoms with van der Waals surface area (Å²) in [4.78, 5) is 4.41. The average molecular weight is 279 g/mol. The predicted octanol–water partition coefficient (Wildman–Crippen LogP) is 3.56. The highest BCUT2D eigenvalue weighted by molar-refractivity contribution is 5.79. The van der Waals surface area contributed by atoms with Gasteiger partial charge in [0.05, 0.1) is 5.52 Å². The zero-order valence-electron chi connectivity index (χ0n) is 11.4. The number of fused-ring (bicyclic) bond motifs is 2. The summed E-state index contributed by atoms with van der Waals surface area (Å²) >= 11 is 0. The molecule has 0 saturated heterocycles. The molecule has 1 unspecified atom stereocenters. The van der Waals surface area contributed by atoms with Crippen LogP contribution in [0.3, 0.4) is 0 Å². The highest BCUT2D eigenvalue weighted by Crippen LogP contribution is 2.43. The monoisotopic (exact) mass is 279 g/mol. The van der Waals surface area contributed by atoms with Crippen LogP contribution in [-0.2, 0) is 12.0 Å². The summed E-state index contributed by atoms with van der Waals surface area (Å²) in [5.74, 6) is -0.239. The van der Waals surface area contributed by atoms with Crippen molar-refractivity contribution < 1.29 is 9.50 Å². The van der Waals surface area contributed by atoms with E-state index in [-0.39, 0.29) is 5.82 Å². The molecule has 1 heterocycles. The summed E-state index contributed by atoms with van der Waals surface area (Å²) in [7, 11) is 0.